The second kappa shape index (κ2) is 3.22. The maximum atomic E-state index is 9.69. The van der Waals surface area contributed by atoms with Crippen molar-refractivity contribution in [3.8, 4) is 5.75 Å². The second-order valence-corrected chi connectivity index (χ2v) is 4.78. The van der Waals surface area contributed by atoms with Crippen molar-refractivity contribution in [2.45, 2.75) is 33.1 Å². The molecule has 1 rings (SSSR count). The fourth-order valence-electron chi connectivity index (χ4n) is 1.27. The zero-order chi connectivity index (χ0) is 10.2. The van der Waals surface area contributed by atoms with E-state index in [1.165, 1.54) is 0 Å². The number of phenols is 1. The van der Waals surface area contributed by atoms with E-state index in [-0.39, 0.29) is 5.41 Å². The van der Waals surface area contributed by atoms with Crippen LogP contribution in [0.5, 0.6) is 5.75 Å². The highest BCUT2D eigenvalue weighted by molar-refractivity contribution is 6.31. The van der Waals surface area contributed by atoms with Crippen LogP contribution in [0.1, 0.15) is 31.9 Å². The first-order valence-electron chi connectivity index (χ1n) is 4.32. The van der Waals surface area contributed by atoms with Gasteiger partial charge in [0.15, 0.2) is 0 Å². The first-order chi connectivity index (χ1) is 5.82. The Bertz CT molecular complexity index is 324. The number of aryl methyl sites for hydroxylation is 1. The summed E-state index contributed by atoms with van der Waals surface area (Å²) in [6.45, 7) is 8.03. The van der Waals surface area contributed by atoms with Gasteiger partial charge in [0.2, 0.25) is 0 Å². The molecule has 0 radical (unpaired) electrons. The van der Waals surface area contributed by atoms with Crippen molar-refractivity contribution in [3.63, 3.8) is 0 Å². The molecule has 0 saturated carbocycles. The third kappa shape index (κ3) is 2.16. The summed E-state index contributed by atoms with van der Waals surface area (Å²) >= 11 is 5.98. The summed E-state index contributed by atoms with van der Waals surface area (Å²) in [5.74, 6) is 0.328. The quantitative estimate of drug-likeness (QED) is 0.675. The van der Waals surface area contributed by atoms with Crippen molar-refractivity contribution >= 4 is 11.6 Å². The topological polar surface area (TPSA) is 20.2 Å². The van der Waals surface area contributed by atoms with Crippen LogP contribution in [-0.2, 0) is 5.41 Å². The van der Waals surface area contributed by atoms with E-state index in [0.717, 1.165) is 11.1 Å². The van der Waals surface area contributed by atoms with E-state index < -0.39 is 0 Å². The van der Waals surface area contributed by atoms with E-state index in [2.05, 4.69) is 0 Å². The van der Waals surface area contributed by atoms with Crippen molar-refractivity contribution in [1.29, 1.82) is 0 Å². The zero-order valence-electron chi connectivity index (χ0n) is 8.48. The molecule has 0 aliphatic carbocycles. The van der Waals surface area contributed by atoms with Gasteiger partial charge in [-0.2, -0.15) is 0 Å². The average Bonchev–Trinajstić information content (AvgIpc) is 1.94. The Kier molecular flexibility index (Phi) is 2.58. The first kappa shape index (κ1) is 10.4. The summed E-state index contributed by atoms with van der Waals surface area (Å²) in [4.78, 5) is 0. The third-order valence-electron chi connectivity index (χ3n) is 2.08. The molecule has 0 amide bonds. The van der Waals surface area contributed by atoms with Crippen LogP contribution in [0.3, 0.4) is 0 Å². The van der Waals surface area contributed by atoms with Crippen molar-refractivity contribution < 1.29 is 5.11 Å². The molecule has 0 aliphatic rings. The lowest BCUT2D eigenvalue weighted by molar-refractivity contribution is 0.446. The minimum absolute atomic E-state index is 0.0680. The highest BCUT2D eigenvalue weighted by atomic mass is 35.5. The predicted octanol–water partition coefficient (Wildman–Crippen LogP) is 3.65. The molecule has 72 valence electrons. The van der Waals surface area contributed by atoms with Gasteiger partial charge in [-0.15, -0.1) is 0 Å². The van der Waals surface area contributed by atoms with E-state index >= 15 is 0 Å². The van der Waals surface area contributed by atoms with Crippen LogP contribution >= 0.6 is 11.6 Å². The van der Waals surface area contributed by atoms with E-state index in [9.17, 15) is 5.11 Å². The molecule has 1 aromatic carbocycles. The Hall–Kier alpha value is -0.690. The van der Waals surface area contributed by atoms with Crippen LogP contribution in [0, 0.1) is 6.92 Å². The lowest BCUT2D eigenvalue weighted by atomic mass is 9.86. The molecule has 13 heavy (non-hydrogen) atoms. The molecule has 0 fully saturated rings. The summed E-state index contributed by atoms with van der Waals surface area (Å²) in [6.07, 6.45) is 0. The van der Waals surface area contributed by atoms with Crippen molar-refractivity contribution in [2.24, 2.45) is 0 Å². The van der Waals surface area contributed by atoms with Crippen molar-refractivity contribution in [1.82, 2.24) is 0 Å². The molecular formula is C11H15ClO. The van der Waals surface area contributed by atoms with Crippen LogP contribution in [-0.4, -0.2) is 5.11 Å². The lowest BCUT2D eigenvalue weighted by Crippen LogP contribution is -2.11. The number of halogens is 1. The van der Waals surface area contributed by atoms with Crippen molar-refractivity contribution in [2.75, 3.05) is 0 Å². The van der Waals surface area contributed by atoms with Gasteiger partial charge in [0.25, 0.3) is 0 Å². The molecule has 0 aliphatic heterocycles. The molecule has 1 aromatic rings. The van der Waals surface area contributed by atoms with E-state index in [0.29, 0.717) is 10.8 Å². The smallest absolute Gasteiger partial charge is 0.119 e. The van der Waals surface area contributed by atoms with Crippen LogP contribution in [0.15, 0.2) is 12.1 Å². The number of aromatic hydroxyl groups is 1. The number of benzene rings is 1. The molecule has 0 atom stereocenters. The first-order valence-corrected chi connectivity index (χ1v) is 4.70. The lowest BCUT2D eigenvalue weighted by Gasteiger charge is -2.21. The molecule has 1 nitrogen and oxygen atoms in total. The summed E-state index contributed by atoms with van der Waals surface area (Å²) in [5.41, 5.74) is 1.73. The molecule has 0 unspecified atom stereocenters. The predicted molar refractivity (Wildman–Crippen MR) is 56.6 cm³/mol. The number of phenolic OH excluding ortho intramolecular Hbond substituents is 1. The van der Waals surface area contributed by atoms with E-state index in [1.807, 2.05) is 33.8 Å². The fraction of sp³-hybridized carbons (Fsp3) is 0.455. The van der Waals surface area contributed by atoms with Crippen LogP contribution in [0.2, 0.25) is 5.02 Å². The summed E-state index contributed by atoms with van der Waals surface area (Å²) in [5, 5.41) is 10.4. The van der Waals surface area contributed by atoms with Gasteiger partial charge >= 0.3 is 0 Å². The van der Waals surface area contributed by atoms with Gasteiger partial charge in [-0.05, 0) is 30.0 Å². The molecular weight excluding hydrogens is 184 g/mol. The maximum Gasteiger partial charge on any atom is 0.119 e. The molecule has 0 heterocycles. The highest BCUT2D eigenvalue weighted by Gasteiger charge is 2.18. The van der Waals surface area contributed by atoms with Gasteiger partial charge in [-0.1, -0.05) is 32.4 Å². The van der Waals surface area contributed by atoms with Crippen LogP contribution < -0.4 is 0 Å². The Morgan fingerprint density at radius 1 is 1.23 bits per heavy atom. The average molecular weight is 199 g/mol. The van der Waals surface area contributed by atoms with Gasteiger partial charge in [0.05, 0.1) is 0 Å². The van der Waals surface area contributed by atoms with Gasteiger partial charge < -0.3 is 5.11 Å². The Balaban J connectivity index is 3.32. The highest BCUT2D eigenvalue weighted by Crippen LogP contribution is 2.34. The summed E-state index contributed by atoms with van der Waals surface area (Å²) < 4.78 is 0. The Morgan fingerprint density at radius 2 is 1.77 bits per heavy atom. The van der Waals surface area contributed by atoms with Gasteiger partial charge in [0, 0.05) is 10.6 Å². The largest absolute Gasteiger partial charge is 0.508 e. The molecule has 1 N–H and O–H groups in total. The molecule has 2 heteroatoms. The monoisotopic (exact) mass is 198 g/mol. The Labute approximate surface area is 84.4 Å². The molecule has 0 aromatic heterocycles. The normalized spacial score (nSPS) is 11.8. The Morgan fingerprint density at radius 3 is 2.23 bits per heavy atom. The van der Waals surface area contributed by atoms with E-state index in [1.54, 1.807) is 6.07 Å². The second-order valence-electron chi connectivity index (χ2n) is 4.37. The summed E-state index contributed by atoms with van der Waals surface area (Å²) in [6, 6.07) is 3.55. The van der Waals surface area contributed by atoms with Crippen molar-refractivity contribution in [3.05, 3.63) is 28.3 Å². The van der Waals surface area contributed by atoms with Crippen LogP contribution in [0.25, 0.3) is 0 Å². The summed E-state index contributed by atoms with van der Waals surface area (Å²) in [7, 11) is 0. The third-order valence-corrected chi connectivity index (χ3v) is 2.49. The minimum Gasteiger partial charge on any atom is -0.508 e. The molecule has 0 spiro atoms. The standard InChI is InChI=1S/C11H15ClO/c1-7-5-10(13)8(6-9(7)12)11(2,3)4/h5-6,13H,1-4H3. The zero-order valence-corrected chi connectivity index (χ0v) is 9.24. The molecule has 0 bridgehead atoms. The van der Waals surface area contributed by atoms with Gasteiger partial charge in [-0.25, -0.2) is 0 Å². The van der Waals surface area contributed by atoms with Crippen LogP contribution in [0.4, 0.5) is 0 Å². The number of hydrogen-bond donors (Lipinski definition) is 1. The van der Waals surface area contributed by atoms with Gasteiger partial charge in [-0.3, -0.25) is 0 Å². The van der Waals surface area contributed by atoms with Gasteiger partial charge in [0.1, 0.15) is 5.75 Å². The number of hydrogen-bond acceptors (Lipinski definition) is 1. The SMILES string of the molecule is Cc1cc(O)c(C(C)(C)C)cc1Cl. The number of rotatable bonds is 0. The maximum absolute atomic E-state index is 9.69. The van der Waals surface area contributed by atoms with E-state index in [4.69, 9.17) is 11.6 Å². The molecule has 0 saturated heterocycles. The fourth-order valence-corrected chi connectivity index (χ4v) is 1.43. The minimum atomic E-state index is -0.0680.